The molecule has 0 saturated carbocycles. The molecular formula is C13H17N3S2. The Hall–Kier alpha value is -0.910. The Morgan fingerprint density at radius 3 is 2.44 bits per heavy atom. The molecule has 0 aliphatic heterocycles. The highest BCUT2D eigenvalue weighted by Crippen LogP contribution is 2.35. The summed E-state index contributed by atoms with van der Waals surface area (Å²) in [6.07, 6.45) is 0. The first-order valence-corrected chi connectivity index (χ1v) is 7.59. The second-order valence-corrected chi connectivity index (χ2v) is 6.31. The molecule has 1 unspecified atom stereocenters. The molecule has 0 aliphatic rings. The van der Waals surface area contributed by atoms with Crippen molar-refractivity contribution in [3.05, 3.63) is 39.3 Å². The second kappa shape index (κ2) is 5.82. The lowest BCUT2D eigenvalue weighted by Gasteiger charge is -2.13. The topological polar surface area (TPSA) is 51.8 Å². The molecule has 0 fully saturated rings. The lowest BCUT2D eigenvalue weighted by atomic mass is 10.2. The first kappa shape index (κ1) is 13.5. The molecule has 0 aromatic carbocycles. The first-order valence-electron chi connectivity index (χ1n) is 5.83. The Balaban J connectivity index is 2.23. The molecule has 2 aromatic heterocycles. The van der Waals surface area contributed by atoms with Gasteiger partial charge < -0.3 is 5.73 Å². The average molecular weight is 279 g/mol. The largest absolute Gasteiger partial charge is 0.329 e. The van der Waals surface area contributed by atoms with Gasteiger partial charge in [0.05, 0.1) is 5.25 Å². The molecule has 3 nitrogen and oxygen atoms in total. The molecule has 2 N–H and O–H groups in total. The van der Waals surface area contributed by atoms with Gasteiger partial charge in [0.15, 0.2) is 5.16 Å². The summed E-state index contributed by atoms with van der Waals surface area (Å²) in [5.74, 6) is 0. The van der Waals surface area contributed by atoms with Gasteiger partial charge in [0, 0.05) is 22.8 Å². The smallest absolute Gasteiger partial charge is 0.188 e. The van der Waals surface area contributed by atoms with Crippen molar-refractivity contribution >= 4 is 23.1 Å². The lowest BCUT2D eigenvalue weighted by molar-refractivity contribution is 0.866. The van der Waals surface area contributed by atoms with Crippen LogP contribution >= 0.6 is 23.1 Å². The standard InChI is InChI=1S/C13H17N3S2/c1-8-9(2)15-13(16-10(8)3)18-12(7-14)11-5-4-6-17-11/h4-6,12H,7,14H2,1-3H3. The number of rotatable bonds is 4. The zero-order valence-corrected chi connectivity index (χ0v) is 12.4. The number of aromatic nitrogens is 2. The van der Waals surface area contributed by atoms with Crippen LogP contribution < -0.4 is 5.73 Å². The van der Waals surface area contributed by atoms with E-state index in [0.29, 0.717) is 6.54 Å². The third-order valence-corrected chi connectivity index (χ3v) is 5.19. The van der Waals surface area contributed by atoms with E-state index in [2.05, 4.69) is 34.4 Å². The van der Waals surface area contributed by atoms with Crippen molar-refractivity contribution in [1.29, 1.82) is 0 Å². The zero-order valence-electron chi connectivity index (χ0n) is 10.8. The molecule has 2 rings (SSSR count). The monoisotopic (exact) mass is 279 g/mol. The second-order valence-electron chi connectivity index (χ2n) is 4.16. The summed E-state index contributed by atoms with van der Waals surface area (Å²) < 4.78 is 0. The number of nitrogens with two attached hydrogens (primary N) is 1. The van der Waals surface area contributed by atoms with Crippen LogP contribution in [0.5, 0.6) is 0 Å². The molecule has 2 heterocycles. The van der Waals surface area contributed by atoms with Crippen LogP contribution in [0.4, 0.5) is 0 Å². The molecule has 96 valence electrons. The minimum Gasteiger partial charge on any atom is -0.329 e. The molecule has 2 aromatic rings. The summed E-state index contributed by atoms with van der Waals surface area (Å²) in [5.41, 5.74) is 9.11. The van der Waals surface area contributed by atoms with Gasteiger partial charge in [-0.05, 0) is 37.8 Å². The van der Waals surface area contributed by atoms with Gasteiger partial charge in [-0.1, -0.05) is 17.8 Å². The fraction of sp³-hybridized carbons (Fsp3) is 0.385. The van der Waals surface area contributed by atoms with Crippen LogP contribution in [-0.2, 0) is 0 Å². The van der Waals surface area contributed by atoms with E-state index in [1.165, 1.54) is 10.4 Å². The Morgan fingerprint density at radius 1 is 1.28 bits per heavy atom. The minimum atomic E-state index is 0.242. The highest BCUT2D eigenvalue weighted by Gasteiger charge is 2.15. The van der Waals surface area contributed by atoms with Gasteiger partial charge in [-0.15, -0.1) is 11.3 Å². The number of hydrogen-bond donors (Lipinski definition) is 1. The summed E-state index contributed by atoms with van der Waals surface area (Å²) in [6, 6.07) is 4.17. The van der Waals surface area contributed by atoms with Gasteiger partial charge >= 0.3 is 0 Å². The van der Waals surface area contributed by atoms with Crippen molar-refractivity contribution in [3.8, 4) is 0 Å². The minimum absolute atomic E-state index is 0.242. The third kappa shape index (κ3) is 2.91. The van der Waals surface area contributed by atoms with Gasteiger partial charge in [0.2, 0.25) is 0 Å². The maximum Gasteiger partial charge on any atom is 0.188 e. The molecule has 0 bridgehead atoms. The molecule has 0 amide bonds. The summed E-state index contributed by atoms with van der Waals surface area (Å²) in [7, 11) is 0. The number of nitrogens with zero attached hydrogens (tertiary/aromatic N) is 2. The highest BCUT2D eigenvalue weighted by molar-refractivity contribution is 7.99. The maximum atomic E-state index is 5.85. The van der Waals surface area contributed by atoms with Crippen LogP contribution in [0.2, 0.25) is 0 Å². The lowest BCUT2D eigenvalue weighted by Crippen LogP contribution is -2.09. The molecule has 0 saturated heterocycles. The number of aryl methyl sites for hydroxylation is 2. The molecule has 0 radical (unpaired) electrons. The van der Waals surface area contributed by atoms with E-state index in [1.807, 2.05) is 13.8 Å². The van der Waals surface area contributed by atoms with Crippen LogP contribution in [0.3, 0.4) is 0 Å². The van der Waals surface area contributed by atoms with Gasteiger partial charge in [-0.25, -0.2) is 9.97 Å². The maximum absolute atomic E-state index is 5.85. The van der Waals surface area contributed by atoms with Crippen molar-refractivity contribution in [2.24, 2.45) is 5.73 Å². The van der Waals surface area contributed by atoms with Crippen LogP contribution in [0.1, 0.15) is 27.1 Å². The molecule has 18 heavy (non-hydrogen) atoms. The number of hydrogen-bond acceptors (Lipinski definition) is 5. The third-order valence-electron chi connectivity index (χ3n) is 2.93. The Labute approximate surface area is 116 Å². The Morgan fingerprint density at radius 2 is 1.94 bits per heavy atom. The van der Waals surface area contributed by atoms with E-state index in [0.717, 1.165) is 16.5 Å². The fourth-order valence-electron chi connectivity index (χ4n) is 1.62. The number of thiophene rings is 1. The SMILES string of the molecule is Cc1nc(SC(CN)c2cccs2)nc(C)c1C. The normalized spacial score (nSPS) is 12.7. The summed E-state index contributed by atoms with van der Waals surface area (Å²) in [4.78, 5) is 10.3. The molecule has 0 aliphatic carbocycles. The molecular weight excluding hydrogens is 262 g/mol. The molecule has 1 atom stereocenters. The van der Waals surface area contributed by atoms with Crippen LogP contribution in [0.15, 0.2) is 22.7 Å². The average Bonchev–Trinajstić information content (AvgIpc) is 2.86. The van der Waals surface area contributed by atoms with Gasteiger partial charge in [0.25, 0.3) is 0 Å². The van der Waals surface area contributed by atoms with Crippen LogP contribution in [0.25, 0.3) is 0 Å². The summed E-state index contributed by atoms with van der Waals surface area (Å²) in [5, 5.41) is 3.14. The highest BCUT2D eigenvalue weighted by atomic mass is 32.2. The van der Waals surface area contributed by atoms with Gasteiger partial charge in [0.1, 0.15) is 0 Å². The molecule has 5 heteroatoms. The van der Waals surface area contributed by atoms with Crippen molar-refractivity contribution in [2.45, 2.75) is 31.2 Å². The summed E-state index contributed by atoms with van der Waals surface area (Å²) >= 11 is 3.38. The molecule has 0 spiro atoms. The van der Waals surface area contributed by atoms with Crippen molar-refractivity contribution in [2.75, 3.05) is 6.54 Å². The predicted octanol–water partition coefficient (Wildman–Crippen LogP) is 3.26. The van der Waals surface area contributed by atoms with Crippen LogP contribution in [0, 0.1) is 20.8 Å². The number of thioether (sulfide) groups is 1. The van der Waals surface area contributed by atoms with Crippen molar-refractivity contribution in [1.82, 2.24) is 9.97 Å². The van der Waals surface area contributed by atoms with Crippen molar-refractivity contribution in [3.63, 3.8) is 0 Å². The van der Waals surface area contributed by atoms with E-state index >= 15 is 0 Å². The van der Waals surface area contributed by atoms with Crippen molar-refractivity contribution < 1.29 is 0 Å². The van der Waals surface area contributed by atoms with E-state index in [1.54, 1.807) is 23.1 Å². The first-order chi connectivity index (χ1) is 8.61. The predicted molar refractivity (Wildman–Crippen MR) is 78.2 cm³/mol. The summed E-state index contributed by atoms with van der Waals surface area (Å²) in [6.45, 7) is 6.70. The van der Waals surface area contributed by atoms with Gasteiger partial charge in [-0.2, -0.15) is 0 Å². The van der Waals surface area contributed by atoms with Gasteiger partial charge in [-0.3, -0.25) is 0 Å². The van der Waals surface area contributed by atoms with E-state index < -0.39 is 0 Å². The fourth-order valence-corrected chi connectivity index (χ4v) is 3.57. The van der Waals surface area contributed by atoms with E-state index in [9.17, 15) is 0 Å². The quantitative estimate of drug-likeness (QED) is 0.689. The Bertz CT molecular complexity index is 500. The Kier molecular flexibility index (Phi) is 4.37. The van der Waals surface area contributed by atoms with E-state index in [4.69, 9.17) is 5.73 Å². The van der Waals surface area contributed by atoms with Crippen LogP contribution in [-0.4, -0.2) is 16.5 Å². The van der Waals surface area contributed by atoms with E-state index in [-0.39, 0.29) is 5.25 Å². The zero-order chi connectivity index (χ0) is 13.1.